The molecule has 0 atom stereocenters. The highest BCUT2D eigenvalue weighted by Gasteiger charge is 2.25. The smallest absolute Gasteiger partial charge is 0.328 e. The molecule has 0 radical (unpaired) electrons. The number of hydrogen-bond donors (Lipinski definition) is 1. The zero-order valence-electron chi connectivity index (χ0n) is 25.2. The fourth-order valence-electron chi connectivity index (χ4n) is 6.46. The van der Waals surface area contributed by atoms with Gasteiger partial charge in [-0.3, -0.25) is 24.9 Å². The first kappa shape index (κ1) is 27.9. The molecule has 3 amide bonds. The number of imide groups is 1. The summed E-state index contributed by atoms with van der Waals surface area (Å²) in [6, 6.07) is 26.5. The van der Waals surface area contributed by atoms with Gasteiger partial charge in [0, 0.05) is 92.2 Å². The van der Waals surface area contributed by atoms with Crippen LogP contribution in [0.4, 0.5) is 16.2 Å². The number of nitrogens with zero attached hydrogens (tertiary/aromatic N) is 7. The Hall–Kier alpha value is -5.61. The summed E-state index contributed by atoms with van der Waals surface area (Å²) in [6.07, 6.45) is 7.99. The number of aromatic nitrogens is 4. The molecule has 2 aliphatic heterocycles. The van der Waals surface area contributed by atoms with Crippen LogP contribution in [0, 0.1) is 0 Å². The predicted molar refractivity (Wildman–Crippen MR) is 179 cm³/mol. The fraction of sp³-hybridized carbons (Fsp3) is 0.194. The molecule has 2 aliphatic rings. The van der Waals surface area contributed by atoms with E-state index in [1.807, 2.05) is 65.7 Å². The molecule has 46 heavy (non-hydrogen) atoms. The van der Waals surface area contributed by atoms with Gasteiger partial charge in [-0.25, -0.2) is 14.3 Å². The first-order chi connectivity index (χ1) is 22.6. The summed E-state index contributed by atoms with van der Waals surface area (Å²) >= 11 is 0. The highest BCUT2D eigenvalue weighted by atomic mass is 16.2. The van der Waals surface area contributed by atoms with Crippen molar-refractivity contribution in [2.24, 2.45) is 0 Å². The van der Waals surface area contributed by atoms with Crippen LogP contribution in [0.1, 0.15) is 12.0 Å². The molecule has 1 N–H and O–H groups in total. The van der Waals surface area contributed by atoms with Gasteiger partial charge >= 0.3 is 6.03 Å². The molecule has 0 unspecified atom stereocenters. The van der Waals surface area contributed by atoms with Gasteiger partial charge in [0.25, 0.3) is 0 Å². The van der Waals surface area contributed by atoms with E-state index in [0.29, 0.717) is 13.0 Å². The van der Waals surface area contributed by atoms with Crippen LogP contribution in [-0.2, 0) is 11.3 Å². The quantitative estimate of drug-likeness (QED) is 0.271. The first-order valence-electron chi connectivity index (χ1n) is 15.5. The molecule has 2 fully saturated rings. The van der Waals surface area contributed by atoms with Gasteiger partial charge in [0.15, 0.2) is 5.65 Å². The molecule has 10 nitrogen and oxygen atoms in total. The zero-order chi connectivity index (χ0) is 31.0. The first-order valence-corrected chi connectivity index (χ1v) is 15.5. The van der Waals surface area contributed by atoms with Gasteiger partial charge in [-0.05, 0) is 53.1 Å². The van der Waals surface area contributed by atoms with E-state index in [0.717, 1.165) is 82.8 Å². The average molecular weight is 609 g/mol. The van der Waals surface area contributed by atoms with Crippen LogP contribution in [0.5, 0.6) is 0 Å². The molecule has 2 saturated heterocycles. The summed E-state index contributed by atoms with van der Waals surface area (Å²) in [5.41, 5.74) is 9.11. The van der Waals surface area contributed by atoms with Crippen molar-refractivity contribution in [3.63, 3.8) is 0 Å². The van der Waals surface area contributed by atoms with E-state index >= 15 is 0 Å². The summed E-state index contributed by atoms with van der Waals surface area (Å²) in [6.45, 7) is 4.98. The van der Waals surface area contributed by atoms with E-state index in [4.69, 9.17) is 4.98 Å². The minimum atomic E-state index is -0.352. The topological polar surface area (TPSA) is 99.0 Å². The number of piperazine rings is 1. The van der Waals surface area contributed by atoms with Crippen LogP contribution >= 0.6 is 0 Å². The van der Waals surface area contributed by atoms with Gasteiger partial charge < -0.3 is 4.90 Å². The molecule has 5 heterocycles. The summed E-state index contributed by atoms with van der Waals surface area (Å²) < 4.78 is 1.85. The number of benzene rings is 3. The third kappa shape index (κ3) is 5.33. The maximum absolute atomic E-state index is 12.3. The van der Waals surface area contributed by atoms with Gasteiger partial charge in [0.1, 0.15) is 0 Å². The van der Waals surface area contributed by atoms with E-state index in [2.05, 4.69) is 67.7 Å². The second-order valence-electron chi connectivity index (χ2n) is 11.8. The number of nitrogens with one attached hydrogen (secondary N) is 1. The average Bonchev–Trinajstić information content (AvgIpc) is 3.52. The minimum Gasteiger partial charge on any atom is -0.369 e. The highest BCUT2D eigenvalue weighted by molar-refractivity contribution is 6.05. The van der Waals surface area contributed by atoms with Crippen LogP contribution in [0.3, 0.4) is 0 Å². The van der Waals surface area contributed by atoms with Crippen molar-refractivity contribution in [2.75, 3.05) is 42.5 Å². The summed E-state index contributed by atoms with van der Waals surface area (Å²) in [4.78, 5) is 39.6. The lowest BCUT2D eigenvalue weighted by molar-refractivity contribution is -0.120. The molecule has 6 aromatic rings. The molecule has 0 saturated carbocycles. The Balaban J connectivity index is 0.919. The van der Waals surface area contributed by atoms with Crippen molar-refractivity contribution < 1.29 is 9.59 Å². The Morgan fingerprint density at radius 2 is 1.59 bits per heavy atom. The van der Waals surface area contributed by atoms with Crippen molar-refractivity contribution in [1.82, 2.24) is 29.8 Å². The highest BCUT2D eigenvalue weighted by Crippen LogP contribution is 2.31. The van der Waals surface area contributed by atoms with Gasteiger partial charge in [-0.15, -0.1) is 0 Å². The number of urea groups is 1. The number of amides is 3. The molecule has 3 aromatic carbocycles. The summed E-state index contributed by atoms with van der Waals surface area (Å²) in [5, 5.41) is 8.13. The van der Waals surface area contributed by atoms with Crippen LogP contribution in [0.2, 0.25) is 0 Å². The molecule has 0 spiro atoms. The molecule has 0 bridgehead atoms. The number of fused-ring (bicyclic) bond motifs is 2. The van der Waals surface area contributed by atoms with Gasteiger partial charge in [0.05, 0.1) is 11.7 Å². The van der Waals surface area contributed by atoms with Crippen molar-refractivity contribution in [3.05, 3.63) is 109 Å². The molecule has 0 aliphatic carbocycles. The molecule has 3 aromatic heterocycles. The van der Waals surface area contributed by atoms with Crippen LogP contribution in [0.25, 0.3) is 38.8 Å². The van der Waals surface area contributed by atoms with Crippen LogP contribution in [0.15, 0.2) is 104 Å². The number of rotatable bonds is 6. The Kier molecular flexibility index (Phi) is 7.11. The Bertz CT molecular complexity index is 2080. The third-order valence-electron chi connectivity index (χ3n) is 8.92. The number of anilines is 2. The van der Waals surface area contributed by atoms with Gasteiger partial charge in [0.2, 0.25) is 5.91 Å². The summed E-state index contributed by atoms with van der Waals surface area (Å²) in [7, 11) is 0. The maximum atomic E-state index is 12.3. The number of pyridine rings is 1. The molecular weight excluding hydrogens is 576 g/mol. The van der Waals surface area contributed by atoms with Crippen molar-refractivity contribution >= 4 is 39.9 Å². The maximum Gasteiger partial charge on any atom is 0.328 e. The van der Waals surface area contributed by atoms with Gasteiger partial charge in [-0.1, -0.05) is 42.5 Å². The SMILES string of the molecule is O=C1CCN(c2cccc(CN3CCN(c4ccc(-c5cnc6c(-c7ccnc8ccccc78)cnn6c5)cc4)CC3)c2)C(=O)N1. The normalized spacial score (nSPS) is 15.9. The lowest BCUT2D eigenvalue weighted by atomic mass is 10.0. The lowest BCUT2D eigenvalue weighted by Gasteiger charge is -2.36. The Labute approximate surface area is 265 Å². The number of para-hydroxylation sites is 1. The number of carbonyl (C=O) groups excluding carboxylic acids is 2. The largest absolute Gasteiger partial charge is 0.369 e. The zero-order valence-corrected chi connectivity index (χ0v) is 25.2. The molecule has 228 valence electrons. The molecule has 10 heteroatoms. The number of carbonyl (C=O) groups is 2. The lowest BCUT2D eigenvalue weighted by Crippen LogP contribution is -2.49. The standard InChI is InChI=1S/C36H32N8O2/c45-34-13-15-43(36(46)40-34)29-5-3-4-25(20-29)23-41-16-18-42(19-17-41)28-10-8-26(9-11-28)27-21-38-35-32(22-39-44(35)24-27)30-12-14-37-33-7-2-1-6-31(30)33/h1-12,14,20-22,24H,13,15-19,23H2,(H,40,45,46). The molecule has 8 rings (SSSR count). The van der Waals surface area contributed by atoms with E-state index in [1.54, 1.807) is 4.90 Å². The van der Waals surface area contributed by atoms with Crippen LogP contribution < -0.4 is 15.1 Å². The predicted octanol–water partition coefficient (Wildman–Crippen LogP) is 5.38. The van der Waals surface area contributed by atoms with Crippen molar-refractivity contribution in [3.8, 4) is 22.3 Å². The van der Waals surface area contributed by atoms with Crippen molar-refractivity contribution in [2.45, 2.75) is 13.0 Å². The number of hydrogen-bond acceptors (Lipinski definition) is 7. The van der Waals surface area contributed by atoms with E-state index in [9.17, 15) is 9.59 Å². The summed E-state index contributed by atoms with van der Waals surface area (Å²) in [5.74, 6) is -0.220. The van der Waals surface area contributed by atoms with E-state index in [1.165, 1.54) is 5.69 Å². The van der Waals surface area contributed by atoms with Gasteiger partial charge in [-0.2, -0.15) is 5.10 Å². The monoisotopic (exact) mass is 608 g/mol. The van der Waals surface area contributed by atoms with E-state index in [-0.39, 0.29) is 11.9 Å². The van der Waals surface area contributed by atoms with Crippen LogP contribution in [-0.4, -0.2) is 69.1 Å². The minimum absolute atomic E-state index is 0.220. The fourth-order valence-corrected chi connectivity index (χ4v) is 6.46. The van der Waals surface area contributed by atoms with E-state index < -0.39 is 0 Å². The third-order valence-corrected chi connectivity index (χ3v) is 8.92. The second-order valence-corrected chi connectivity index (χ2v) is 11.8. The molecular formula is C36H32N8O2. The van der Waals surface area contributed by atoms with Crippen molar-refractivity contribution in [1.29, 1.82) is 0 Å². The Morgan fingerprint density at radius 3 is 2.43 bits per heavy atom. The Morgan fingerprint density at radius 1 is 0.739 bits per heavy atom. The second kappa shape index (κ2) is 11.7.